The number of hydrogen-bond acceptors (Lipinski definition) is 4. The zero-order chi connectivity index (χ0) is 16.2. The van der Waals surface area contributed by atoms with Gasteiger partial charge in [-0.2, -0.15) is 0 Å². The molecule has 1 amide bonds. The van der Waals surface area contributed by atoms with Gasteiger partial charge >= 0.3 is 5.97 Å². The molecule has 0 aliphatic carbocycles. The van der Waals surface area contributed by atoms with Gasteiger partial charge in [-0.25, -0.2) is 4.79 Å². The summed E-state index contributed by atoms with van der Waals surface area (Å²) in [4.78, 5) is 23.9. The Morgan fingerprint density at radius 1 is 1.17 bits per heavy atom. The maximum atomic E-state index is 12.5. The molecule has 0 spiro atoms. The summed E-state index contributed by atoms with van der Waals surface area (Å²) in [6.45, 7) is 0.983. The second kappa shape index (κ2) is 6.52. The number of aryl methyl sites for hydroxylation is 1. The Morgan fingerprint density at radius 3 is 2.70 bits per heavy atom. The Hall–Kier alpha value is -2.82. The van der Waals surface area contributed by atoms with Gasteiger partial charge in [0, 0.05) is 12.1 Å². The standard InChI is InChI=1S/C18H18N2O3/c19-17(21)14-9-13-7-4-8-20-16(13)15(10-14)18(22)23-11-12-5-2-1-3-6-12/h1-3,5-6,9-10,20H,4,7-8,11H2,(H2,19,21). The predicted octanol–water partition coefficient (Wildman–Crippen LogP) is 2.50. The van der Waals surface area contributed by atoms with Gasteiger partial charge in [-0.15, -0.1) is 0 Å². The van der Waals surface area contributed by atoms with Gasteiger partial charge in [0.2, 0.25) is 5.91 Å². The smallest absolute Gasteiger partial charge is 0.340 e. The molecule has 1 aliphatic rings. The minimum absolute atomic E-state index is 0.190. The summed E-state index contributed by atoms with van der Waals surface area (Å²) in [6.07, 6.45) is 1.76. The first-order valence-electron chi connectivity index (χ1n) is 7.57. The van der Waals surface area contributed by atoms with Crippen molar-refractivity contribution in [2.45, 2.75) is 19.4 Å². The largest absolute Gasteiger partial charge is 0.457 e. The summed E-state index contributed by atoms with van der Waals surface area (Å²) >= 11 is 0. The second-order valence-electron chi connectivity index (χ2n) is 5.51. The fourth-order valence-electron chi connectivity index (χ4n) is 2.70. The van der Waals surface area contributed by atoms with E-state index < -0.39 is 11.9 Å². The molecule has 0 unspecified atom stereocenters. The van der Waals surface area contributed by atoms with E-state index in [9.17, 15) is 9.59 Å². The number of primary amides is 1. The number of hydrogen-bond donors (Lipinski definition) is 2. The molecule has 3 N–H and O–H groups in total. The van der Waals surface area contributed by atoms with E-state index in [1.165, 1.54) is 6.07 Å². The van der Waals surface area contributed by atoms with Gasteiger partial charge in [-0.1, -0.05) is 30.3 Å². The molecule has 23 heavy (non-hydrogen) atoms. The number of anilines is 1. The fraction of sp³-hybridized carbons (Fsp3) is 0.222. The van der Waals surface area contributed by atoms with Crippen LogP contribution in [-0.4, -0.2) is 18.4 Å². The molecule has 2 aromatic carbocycles. The molecule has 2 aromatic rings. The Balaban J connectivity index is 1.86. The van der Waals surface area contributed by atoms with E-state index >= 15 is 0 Å². The molecule has 0 bridgehead atoms. The van der Waals surface area contributed by atoms with Gasteiger partial charge < -0.3 is 15.8 Å². The third-order valence-corrected chi connectivity index (χ3v) is 3.86. The van der Waals surface area contributed by atoms with Crippen LogP contribution in [0.3, 0.4) is 0 Å². The quantitative estimate of drug-likeness (QED) is 0.850. The molecule has 0 saturated carbocycles. The lowest BCUT2D eigenvalue weighted by molar-refractivity contribution is 0.0473. The summed E-state index contributed by atoms with van der Waals surface area (Å²) in [5.74, 6) is -1.00. The molecule has 0 saturated heterocycles. The van der Waals surface area contributed by atoms with Gasteiger partial charge in [-0.3, -0.25) is 4.79 Å². The molecule has 0 aromatic heterocycles. The second-order valence-corrected chi connectivity index (χ2v) is 5.51. The van der Waals surface area contributed by atoms with Crippen LogP contribution in [-0.2, 0) is 17.8 Å². The van der Waals surface area contributed by atoms with Crippen molar-refractivity contribution in [1.82, 2.24) is 0 Å². The minimum atomic E-state index is -0.546. The Bertz CT molecular complexity index is 741. The van der Waals surface area contributed by atoms with Crippen molar-refractivity contribution >= 4 is 17.6 Å². The monoisotopic (exact) mass is 310 g/mol. The topological polar surface area (TPSA) is 81.4 Å². The maximum Gasteiger partial charge on any atom is 0.340 e. The average molecular weight is 310 g/mol. The normalized spacial score (nSPS) is 12.9. The van der Waals surface area contributed by atoms with Crippen LogP contribution in [0.5, 0.6) is 0 Å². The van der Waals surface area contributed by atoms with Gasteiger partial charge in [0.15, 0.2) is 0 Å². The van der Waals surface area contributed by atoms with Crippen molar-refractivity contribution in [2.24, 2.45) is 5.73 Å². The number of fused-ring (bicyclic) bond motifs is 1. The van der Waals surface area contributed by atoms with Crippen molar-refractivity contribution in [3.05, 3.63) is 64.7 Å². The van der Waals surface area contributed by atoms with Crippen molar-refractivity contribution in [3.63, 3.8) is 0 Å². The van der Waals surface area contributed by atoms with Gasteiger partial charge in [0.1, 0.15) is 6.61 Å². The van der Waals surface area contributed by atoms with Crippen molar-refractivity contribution in [2.75, 3.05) is 11.9 Å². The van der Waals surface area contributed by atoms with E-state index in [2.05, 4.69) is 5.32 Å². The highest BCUT2D eigenvalue weighted by Crippen LogP contribution is 2.28. The first-order chi connectivity index (χ1) is 11.1. The van der Waals surface area contributed by atoms with Crippen LogP contribution < -0.4 is 11.1 Å². The maximum absolute atomic E-state index is 12.5. The molecule has 0 fully saturated rings. The summed E-state index contributed by atoms with van der Waals surface area (Å²) in [5.41, 5.74) is 8.66. The molecular weight excluding hydrogens is 292 g/mol. The van der Waals surface area contributed by atoms with E-state index in [-0.39, 0.29) is 6.61 Å². The van der Waals surface area contributed by atoms with Crippen molar-refractivity contribution < 1.29 is 14.3 Å². The van der Waals surface area contributed by atoms with Gasteiger partial charge in [0.05, 0.1) is 11.3 Å². The molecule has 0 radical (unpaired) electrons. The van der Waals surface area contributed by atoms with Crippen LogP contribution in [0.1, 0.15) is 38.3 Å². The SMILES string of the molecule is NC(=O)c1cc2c(c(C(=O)OCc3ccccc3)c1)NCCC2. The fourth-order valence-corrected chi connectivity index (χ4v) is 2.70. The number of nitrogens with one attached hydrogen (secondary N) is 1. The van der Waals surface area contributed by atoms with Crippen LogP contribution >= 0.6 is 0 Å². The third-order valence-electron chi connectivity index (χ3n) is 3.86. The zero-order valence-corrected chi connectivity index (χ0v) is 12.7. The van der Waals surface area contributed by atoms with Crippen molar-refractivity contribution in [1.29, 1.82) is 0 Å². The van der Waals surface area contributed by atoms with E-state index in [0.29, 0.717) is 11.1 Å². The summed E-state index contributed by atoms with van der Waals surface area (Å²) in [7, 11) is 0. The van der Waals surface area contributed by atoms with Gasteiger partial charge in [0.25, 0.3) is 0 Å². The van der Waals surface area contributed by atoms with E-state index in [0.717, 1.165) is 36.2 Å². The Morgan fingerprint density at radius 2 is 1.96 bits per heavy atom. The van der Waals surface area contributed by atoms with Gasteiger partial charge in [-0.05, 0) is 36.1 Å². The molecule has 3 rings (SSSR count). The number of benzene rings is 2. The number of carbonyl (C=O) groups excluding carboxylic acids is 2. The summed E-state index contributed by atoms with van der Waals surface area (Å²) < 4.78 is 5.38. The minimum Gasteiger partial charge on any atom is -0.457 e. The molecule has 5 heteroatoms. The number of rotatable bonds is 4. The number of nitrogens with two attached hydrogens (primary N) is 1. The Kier molecular flexibility index (Phi) is 4.28. The van der Waals surface area contributed by atoms with E-state index in [1.807, 2.05) is 30.3 Å². The highest BCUT2D eigenvalue weighted by Gasteiger charge is 2.21. The van der Waals surface area contributed by atoms with Crippen LogP contribution in [0.2, 0.25) is 0 Å². The molecule has 5 nitrogen and oxygen atoms in total. The summed E-state index contributed by atoms with van der Waals surface area (Å²) in [5, 5.41) is 3.22. The highest BCUT2D eigenvalue weighted by molar-refractivity contribution is 6.01. The van der Waals surface area contributed by atoms with Crippen molar-refractivity contribution in [3.8, 4) is 0 Å². The van der Waals surface area contributed by atoms with E-state index in [1.54, 1.807) is 6.07 Å². The van der Waals surface area contributed by atoms with Crippen LogP contribution in [0, 0.1) is 0 Å². The number of carbonyl (C=O) groups is 2. The Labute approximate surface area is 134 Å². The lowest BCUT2D eigenvalue weighted by Crippen LogP contribution is -2.20. The molecular formula is C18H18N2O3. The number of ether oxygens (including phenoxy) is 1. The molecule has 0 atom stereocenters. The first-order valence-corrected chi connectivity index (χ1v) is 7.57. The average Bonchev–Trinajstić information content (AvgIpc) is 2.59. The summed E-state index contributed by atoms with van der Waals surface area (Å²) in [6, 6.07) is 12.7. The molecule has 118 valence electrons. The molecule has 1 heterocycles. The number of amides is 1. The lowest BCUT2D eigenvalue weighted by atomic mass is 9.96. The molecule has 1 aliphatic heterocycles. The number of esters is 1. The van der Waals surface area contributed by atoms with E-state index in [4.69, 9.17) is 10.5 Å². The van der Waals surface area contributed by atoms with Crippen LogP contribution in [0.4, 0.5) is 5.69 Å². The van der Waals surface area contributed by atoms with Crippen LogP contribution in [0.25, 0.3) is 0 Å². The lowest BCUT2D eigenvalue weighted by Gasteiger charge is -2.21. The first kappa shape index (κ1) is 15.1. The highest BCUT2D eigenvalue weighted by atomic mass is 16.5. The van der Waals surface area contributed by atoms with Crippen LogP contribution in [0.15, 0.2) is 42.5 Å². The predicted molar refractivity (Wildman–Crippen MR) is 87.3 cm³/mol. The third kappa shape index (κ3) is 3.34. The zero-order valence-electron chi connectivity index (χ0n) is 12.7.